The van der Waals surface area contributed by atoms with E-state index >= 15 is 0 Å². The third kappa shape index (κ3) is 3.28. The summed E-state index contributed by atoms with van der Waals surface area (Å²) in [4.78, 5) is 23.3. The highest BCUT2D eigenvalue weighted by Gasteiger charge is 2.19. The Labute approximate surface area is 111 Å². The van der Waals surface area contributed by atoms with Crippen molar-refractivity contribution in [1.82, 2.24) is 0 Å². The van der Waals surface area contributed by atoms with Gasteiger partial charge in [-0.3, -0.25) is 9.59 Å². The van der Waals surface area contributed by atoms with Crippen LogP contribution in [0.3, 0.4) is 0 Å². The van der Waals surface area contributed by atoms with E-state index in [1.807, 2.05) is 42.5 Å². The molecular weight excluding hydrogens is 240 g/mol. The Morgan fingerprint density at radius 2 is 1.79 bits per heavy atom. The van der Waals surface area contributed by atoms with Gasteiger partial charge in [-0.2, -0.15) is 0 Å². The Morgan fingerprint density at radius 1 is 1.05 bits per heavy atom. The number of benzene rings is 1. The third-order valence-electron chi connectivity index (χ3n) is 2.79. The normalized spacial score (nSPS) is 15.4. The van der Waals surface area contributed by atoms with Crippen LogP contribution in [-0.2, 0) is 14.3 Å². The SMILES string of the molecule is COC1=CC(=O)C(CC=Cc2ccccc2)=CC1=O. The van der Waals surface area contributed by atoms with Gasteiger partial charge in [-0.15, -0.1) is 0 Å². The van der Waals surface area contributed by atoms with E-state index in [-0.39, 0.29) is 17.3 Å². The van der Waals surface area contributed by atoms with Crippen molar-refractivity contribution in [3.63, 3.8) is 0 Å². The second-order valence-corrected chi connectivity index (χ2v) is 4.13. The van der Waals surface area contributed by atoms with Crippen molar-refractivity contribution in [1.29, 1.82) is 0 Å². The zero-order valence-electron chi connectivity index (χ0n) is 10.6. The molecule has 0 amide bonds. The van der Waals surface area contributed by atoms with Crippen molar-refractivity contribution < 1.29 is 14.3 Å². The van der Waals surface area contributed by atoms with E-state index in [0.29, 0.717) is 12.0 Å². The highest BCUT2D eigenvalue weighted by Crippen LogP contribution is 2.16. The first-order valence-corrected chi connectivity index (χ1v) is 5.97. The van der Waals surface area contributed by atoms with Crippen LogP contribution in [0.15, 0.2) is 59.9 Å². The van der Waals surface area contributed by atoms with Crippen LogP contribution in [0.4, 0.5) is 0 Å². The van der Waals surface area contributed by atoms with Crippen molar-refractivity contribution in [3.05, 3.63) is 65.5 Å². The van der Waals surface area contributed by atoms with Crippen LogP contribution < -0.4 is 0 Å². The van der Waals surface area contributed by atoms with E-state index in [1.165, 1.54) is 19.3 Å². The van der Waals surface area contributed by atoms with E-state index < -0.39 is 0 Å². The van der Waals surface area contributed by atoms with E-state index in [1.54, 1.807) is 0 Å². The Kier molecular flexibility index (Phi) is 4.08. The molecule has 3 nitrogen and oxygen atoms in total. The van der Waals surface area contributed by atoms with Crippen molar-refractivity contribution >= 4 is 17.6 Å². The molecule has 0 unspecified atom stereocenters. The van der Waals surface area contributed by atoms with Crippen LogP contribution in [0.25, 0.3) is 6.08 Å². The average Bonchev–Trinajstić information content (AvgIpc) is 2.43. The predicted molar refractivity (Wildman–Crippen MR) is 73.3 cm³/mol. The van der Waals surface area contributed by atoms with Gasteiger partial charge in [0.05, 0.1) is 7.11 Å². The van der Waals surface area contributed by atoms with Crippen molar-refractivity contribution in [3.8, 4) is 0 Å². The lowest BCUT2D eigenvalue weighted by molar-refractivity contribution is -0.117. The number of carbonyl (C=O) groups is 2. The zero-order chi connectivity index (χ0) is 13.7. The molecule has 1 aromatic rings. The largest absolute Gasteiger partial charge is 0.493 e. The maximum absolute atomic E-state index is 11.7. The molecule has 2 rings (SSSR count). The van der Waals surface area contributed by atoms with Gasteiger partial charge in [0.1, 0.15) is 0 Å². The average molecular weight is 254 g/mol. The number of hydrogen-bond donors (Lipinski definition) is 0. The Bertz CT molecular complexity index is 577. The molecule has 96 valence electrons. The number of allylic oxidation sites excluding steroid dienone is 4. The van der Waals surface area contributed by atoms with Gasteiger partial charge in [-0.05, 0) is 18.1 Å². The smallest absolute Gasteiger partial charge is 0.220 e. The molecule has 0 aromatic heterocycles. The van der Waals surface area contributed by atoms with Gasteiger partial charge in [-0.25, -0.2) is 0 Å². The van der Waals surface area contributed by atoms with Crippen molar-refractivity contribution in [2.45, 2.75) is 6.42 Å². The topological polar surface area (TPSA) is 43.4 Å². The molecule has 1 aromatic carbocycles. The molecule has 0 N–H and O–H groups in total. The van der Waals surface area contributed by atoms with Gasteiger partial charge in [-0.1, -0.05) is 42.5 Å². The lowest BCUT2D eigenvalue weighted by Crippen LogP contribution is -2.13. The fourth-order valence-corrected chi connectivity index (χ4v) is 1.79. The zero-order valence-corrected chi connectivity index (χ0v) is 10.6. The maximum Gasteiger partial charge on any atom is 0.220 e. The van der Waals surface area contributed by atoms with Crippen molar-refractivity contribution in [2.24, 2.45) is 0 Å². The summed E-state index contributed by atoms with van der Waals surface area (Å²) < 4.78 is 4.82. The predicted octanol–water partition coefficient (Wildman–Crippen LogP) is 2.70. The monoisotopic (exact) mass is 254 g/mol. The molecule has 19 heavy (non-hydrogen) atoms. The minimum absolute atomic E-state index is 0.0980. The van der Waals surface area contributed by atoms with Crippen LogP contribution in [0.1, 0.15) is 12.0 Å². The molecular formula is C16H14O3. The van der Waals surface area contributed by atoms with E-state index in [2.05, 4.69) is 0 Å². The summed E-state index contributed by atoms with van der Waals surface area (Å²) in [6.07, 6.45) is 6.82. The first-order chi connectivity index (χ1) is 9.20. The number of methoxy groups -OCH3 is 1. The molecule has 0 aliphatic heterocycles. The lowest BCUT2D eigenvalue weighted by Gasteiger charge is -2.09. The van der Waals surface area contributed by atoms with Gasteiger partial charge in [0.25, 0.3) is 0 Å². The molecule has 0 heterocycles. The van der Waals surface area contributed by atoms with Crippen LogP contribution in [0.5, 0.6) is 0 Å². The molecule has 3 heteroatoms. The van der Waals surface area contributed by atoms with E-state index in [9.17, 15) is 9.59 Å². The van der Waals surface area contributed by atoms with Crippen LogP contribution in [0.2, 0.25) is 0 Å². The second kappa shape index (κ2) is 5.96. The summed E-state index contributed by atoms with van der Waals surface area (Å²) in [5.41, 5.74) is 1.55. The molecule has 0 saturated heterocycles. The summed E-state index contributed by atoms with van der Waals surface area (Å²) in [5.74, 6) is -0.333. The maximum atomic E-state index is 11.7. The number of hydrogen-bond acceptors (Lipinski definition) is 3. The van der Waals surface area contributed by atoms with Gasteiger partial charge in [0.15, 0.2) is 11.5 Å². The minimum Gasteiger partial charge on any atom is -0.493 e. The molecule has 0 atom stereocenters. The number of carbonyl (C=O) groups excluding carboxylic acids is 2. The van der Waals surface area contributed by atoms with Gasteiger partial charge in [0.2, 0.25) is 5.78 Å². The summed E-state index contributed by atoms with van der Waals surface area (Å²) in [6, 6.07) is 9.78. The first-order valence-electron chi connectivity index (χ1n) is 5.97. The van der Waals surface area contributed by atoms with Gasteiger partial charge in [0, 0.05) is 11.6 Å². The molecule has 1 aliphatic rings. The fourth-order valence-electron chi connectivity index (χ4n) is 1.79. The molecule has 0 fully saturated rings. The number of ether oxygens (including phenoxy) is 1. The highest BCUT2D eigenvalue weighted by atomic mass is 16.5. The summed E-state index contributed by atoms with van der Waals surface area (Å²) >= 11 is 0. The van der Waals surface area contributed by atoms with E-state index in [4.69, 9.17) is 4.74 Å². The summed E-state index contributed by atoms with van der Waals surface area (Å²) in [6.45, 7) is 0. The fraction of sp³-hybridized carbons (Fsp3) is 0.125. The van der Waals surface area contributed by atoms with Crippen molar-refractivity contribution in [2.75, 3.05) is 7.11 Å². The summed E-state index contributed by atoms with van der Waals surface area (Å²) in [5, 5.41) is 0. The van der Waals surface area contributed by atoms with Crippen LogP contribution >= 0.6 is 0 Å². The Hall–Kier alpha value is -2.42. The van der Waals surface area contributed by atoms with E-state index in [0.717, 1.165) is 5.56 Å². The minimum atomic E-state index is -0.259. The van der Waals surface area contributed by atoms with Crippen LogP contribution in [-0.4, -0.2) is 18.7 Å². The standard InChI is InChI=1S/C16H14O3/c1-19-16-11-14(17)13(10-15(16)18)9-5-8-12-6-3-2-4-7-12/h2-8,10-11H,9H2,1H3. The molecule has 0 radical (unpaired) electrons. The Balaban J connectivity index is 2.03. The van der Waals surface area contributed by atoms with Gasteiger partial charge >= 0.3 is 0 Å². The van der Waals surface area contributed by atoms with Gasteiger partial charge < -0.3 is 4.74 Å². The number of rotatable bonds is 4. The first kappa shape index (κ1) is 13.0. The third-order valence-corrected chi connectivity index (χ3v) is 2.79. The quantitative estimate of drug-likeness (QED) is 0.776. The van der Waals surface area contributed by atoms with Crippen LogP contribution in [0, 0.1) is 0 Å². The molecule has 0 spiro atoms. The molecule has 0 saturated carbocycles. The highest BCUT2D eigenvalue weighted by molar-refractivity contribution is 6.19. The Morgan fingerprint density at radius 3 is 2.47 bits per heavy atom. The second-order valence-electron chi connectivity index (χ2n) is 4.13. The lowest BCUT2D eigenvalue weighted by atomic mass is 9.99. The summed E-state index contributed by atoms with van der Waals surface area (Å²) in [7, 11) is 1.38. The molecule has 1 aliphatic carbocycles. The molecule has 0 bridgehead atoms. The number of ketones is 2.